The largest absolute Gasteiger partial charge is 0.486 e. The lowest BCUT2D eigenvalue weighted by Gasteiger charge is -2.22. The van der Waals surface area contributed by atoms with Gasteiger partial charge in [0, 0.05) is 5.56 Å². The molecule has 0 aromatic heterocycles. The molecule has 0 bridgehead atoms. The van der Waals surface area contributed by atoms with Gasteiger partial charge in [-0.2, -0.15) is 0 Å². The van der Waals surface area contributed by atoms with Gasteiger partial charge in [-0.3, -0.25) is 0 Å². The fraction of sp³-hybridized carbons (Fsp3) is 0.455. The Labute approximate surface area is 83.3 Å². The molecule has 0 unspecified atom stereocenters. The summed E-state index contributed by atoms with van der Waals surface area (Å²) in [6.07, 6.45) is 0. The monoisotopic (exact) mass is 194 g/mol. The molecule has 0 amide bonds. The molecule has 0 aliphatic carbocycles. The third kappa shape index (κ3) is 1.34. The van der Waals surface area contributed by atoms with Gasteiger partial charge in [0.05, 0.1) is 6.61 Å². The number of hydrogen-bond donors (Lipinski definition) is 1. The van der Waals surface area contributed by atoms with Crippen molar-refractivity contribution in [2.45, 2.75) is 20.5 Å². The molecule has 1 aromatic rings. The van der Waals surface area contributed by atoms with Crippen LogP contribution in [0.5, 0.6) is 11.5 Å². The summed E-state index contributed by atoms with van der Waals surface area (Å²) in [5.74, 6) is 1.46. The molecule has 0 saturated heterocycles. The summed E-state index contributed by atoms with van der Waals surface area (Å²) >= 11 is 0. The van der Waals surface area contributed by atoms with E-state index >= 15 is 0 Å². The lowest BCUT2D eigenvalue weighted by atomic mass is 10.0. The van der Waals surface area contributed by atoms with Crippen molar-refractivity contribution in [3.8, 4) is 11.5 Å². The zero-order valence-electron chi connectivity index (χ0n) is 8.46. The zero-order chi connectivity index (χ0) is 10.1. The second-order valence-electron chi connectivity index (χ2n) is 3.48. The molecule has 3 heteroatoms. The molecule has 0 saturated carbocycles. The van der Waals surface area contributed by atoms with E-state index in [1.807, 2.05) is 19.9 Å². The quantitative estimate of drug-likeness (QED) is 0.737. The average Bonchev–Trinajstić information content (AvgIpc) is 2.20. The van der Waals surface area contributed by atoms with Crippen LogP contribution < -0.4 is 9.47 Å². The maximum atomic E-state index is 9.26. The van der Waals surface area contributed by atoms with Gasteiger partial charge >= 0.3 is 0 Å². The second-order valence-corrected chi connectivity index (χ2v) is 3.48. The Bertz CT molecular complexity index is 358. The van der Waals surface area contributed by atoms with E-state index in [1.54, 1.807) is 0 Å². The number of rotatable bonds is 1. The lowest BCUT2D eigenvalue weighted by molar-refractivity contribution is 0.164. The number of benzene rings is 1. The highest BCUT2D eigenvalue weighted by atomic mass is 16.6. The molecule has 0 atom stereocenters. The van der Waals surface area contributed by atoms with E-state index < -0.39 is 0 Å². The Kier molecular flexibility index (Phi) is 2.33. The first-order chi connectivity index (χ1) is 6.74. The number of ether oxygens (including phenoxy) is 2. The standard InChI is InChI=1S/C11H14O3/c1-7-5-10-11(14-4-3-13-10)9(6-12)8(7)2/h5,12H,3-4,6H2,1-2H3. The Hall–Kier alpha value is -1.22. The van der Waals surface area contributed by atoms with Crippen LogP contribution in [0.2, 0.25) is 0 Å². The van der Waals surface area contributed by atoms with Gasteiger partial charge in [-0.25, -0.2) is 0 Å². The fourth-order valence-electron chi connectivity index (χ4n) is 1.68. The summed E-state index contributed by atoms with van der Waals surface area (Å²) < 4.78 is 11.0. The fourth-order valence-corrected chi connectivity index (χ4v) is 1.68. The van der Waals surface area contributed by atoms with E-state index in [-0.39, 0.29) is 6.61 Å². The number of hydrogen-bond acceptors (Lipinski definition) is 3. The van der Waals surface area contributed by atoms with Crippen LogP contribution in [-0.2, 0) is 6.61 Å². The SMILES string of the molecule is Cc1cc2c(c(CO)c1C)OCCO2. The molecule has 1 heterocycles. The van der Waals surface area contributed by atoms with E-state index in [0.29, 0.717) is 19.0 Å². The van der Waals surface area contributed by atoms with Crippen LogP contribution in [0, 0.1) is 13.8 Å². The van der Waals surface area contributed by atoms with Crippen molar-refractivity contribution in [2.75, 3.05) is 13.2 Å². The van der Waals surface area contributed by atoms with Crippen LogP contribution >= 0.6 is 0 Å². The summed E-state index contributed by atoms with van der Waals surface area (Å²) in [6, 6.07) is 1.96. The highest BCUT2D eigenvalue weighted by Crippen LogP contribution is 2.37. The number of aliphatic hydroxyl groups is 1. The maximum Gasteiger partial charge on any atom is 0.167 e. The molecule has 3 nitrogen and oxygen atoms in total. The molecule has 1 aliphatic rings. The molecule has 2 rings (SSSR count). The average molecular weight is 194 g/mol. The van der Waals surface area contributed by atoms with E-state index in [0.717, 1.165) is 22.4 Å². The van der Waals surface area contributed by atoms with Crippen LogP contribution in [-0.4, -0.2) is 18.3 Å². The molecule has 1 N–H and O–H groups in total. The Morgan fingerprint density at radius 1 is 1.29 bits per heavy atom. The van der Waals surface area contributed by atoms with Gasteiger partial charge in [-0.1, -0.05) is 0 Å². The van der Waals surface area contributed by atoms with Gasteiger partial charge in [0.15, 0.2) is 11.5 Å². The number of aryl methyl sites for hydroxylation is 1. The summed E-state index contributed by atoms with van der Waals surface area (Å²) in [4.78, 5) is 0. The maximum absolute atomic E-state index is 9.26. The van der Waals surface area contributed by atoms with Gasteiger partial charge in [-0.15, -0.1) is 0 Å². The van der Waals surface area contributed by atoms with Crippen molar-refractivity contribution < 1.29 is 14.6 Å². The van der Waals surface area contributed by atoms with Gasteiger partial charge in [-0.05, 0) is 31.0 Å². The van der Waals surface area contributed by atoms with Crippen molar-refractivity contribution >= 4 is 0 Å². The minimum Gasteiger partial charge on any atom is -0.486 e. The molecule has 76 valence electrons. The van der Waals surface area contributed by atoms with E-state index in [9.17, 15) is 5.11 Å². The summed E-state index contributed by atoms with van der Waals surface area (Å²) in [6.45, 7) is 5.13. The molecular formula is C11H14O3. The molecule has 0 radical (unpaired) electrons. The number of fused-ring (bicyclic) bond motifs is 1. The minimum atomic E-state index is -0.000787. The predicted molar refractivity (Wildman–Crippen MR) is 52.8 cm³/mol. The van der Waals surface area contributed by atoms with Crippen molar-refractivity contribution in [1.29, 1.82) is 0 Å². The molecule has 14 heavy (non-hydrogen) atoms. The Morgan fingerprint density at radius 3 is 2.71 bits per heavy atom. The van der Waals surface area contributed by atoms with Crippen LogP contribution in [0.25, 0.3) is 0 Å². The second kappa shape index (κ2) is 3.50. The van der Waals surface area contributed by atoms with Crippen LogP contribution in [0.4, 0.5) is 0 Å². The first kappa shape index (κ1) is 9.34. The van der Waals surface area contributed by atoms with Crippen molar-refractivity contribution in [1.82, 2.24) is 0 Å². The van der Waals surface area contributed by atoms with Gasteiger partial charge in [0.2, 0.25) is 0 Å². The van der Waals surface area contributed by atoms with Crippen LogP contribution in [0.15, 0.2) is 6.07 Å². The third-order valence-electron chi connectivity index (χ3n) is 2.64. The molecular weight excluding hydrogens is 180 g/mol. The van der Waals surface area contributed by atoms with Gasteiger partial charge < -0.3 is 14.6 Å². The first-order valence-electron chi connectivity index (χ1n) is 4.73. The zero-order valence-corrected chi connectivity index (χ0v) is 8.46. The topological polar surface area (TPSA) is 38.7 Å². The molecule has 1 aliphatic heterocycles. The normalized spacial score (nSPS) is 14.2. The van der Waals surface area contributed by atoms with Crippen LogP contribution in [0.1, 0.15) is 16.7 Å². The third-order valence-corrected chi connectivity index (χ3v) is 2.64. The van der Waals surface area contributed by atoms with Gasteiger partial charge in [0.1, 0.15) is 13.2 Å². The first-order valence-corrected chi connectivity index (χ1v) is 4.73. The van der Waals surface area contributed by atoms with Crippen LogP contribution in [0.3, 0.4) is 0 Å². The van der Waals surface area contributed by atoms with E-state index in [4.69, 9.17) is 9.47 Å². The minimum absolute atomic E-state index is 0.000787. The van der Waals surface area contributed by atoms with E-state index in [1.165, 1.54) is 0 Å². The van der Waals surface area contributed by atoms with Gasteiger partial charge in [0.25, 0.3) is 0 Å². The Balaban J connectivity index is 2.60. The van der Waals surface area contributed by atoms with E-state index in [2.05, 4.69) is 0 Å². The smallest absolute Gasteiger partial charge is 0.167 e. The summed E-state index contributed by atoms with van der Waals surface area (Å²) in [5, 5.41) is 9.26. The Morgan fingerprint density at radius 2 is 2.00 bits per heavy atom. The number of aliphatic hydroxyl groups excluding tert-OH is 1. The van der Waals surface area contributed by atoms with Crippen molar-refractivity contribution in [3.63, 3.8) is 0 Å². The summed E-state index contributed by atoms with van der Waals surface area (Å²) in [5.41, 5.74) is 3.05. The predicted octanol–water partition coefficient (Wildman–Crippen LogP) is 1.57. The molecule has 1 aromatic carbocycles. The lowest BCUT2D eigenvalue weighted by Crippen LogP contribution is -2.17. The van der Waals surface area contributed by atoms with Crippen molar-refractivity contribution in [2.24, 2.45) is 0 Å². The van der Waals surface area contributed by atoms with Crippen molar-refractivity contribution in [3.05, 3.63) is 22.8 Å². The highest BCUT2D eigenvalue weighted by Gasteiger charge is 2.18. The molecule has 0 fully saturated rings. The summed E-state index contributed by atoms with van der Waals surface area (Å²) in [7, 11) is 0. The highest BCUT2D eigenvalue weighted by molar-refractivity contribution is 5.54. The molecule has 0 spiro atoms.